The molecule has 3 aromatic rings. The SMILES string of the molecule is O=C(Nc1ccc(Br)c(F)c1)c1cc2sccc2s1. The molecular formula is C13H7BrFNOS2. The minimum Gasteiger partial charge on any atom is -0.321 e. The summed E-state index contributed by atoms with van der Waals surface area (Å²) in [4.78, 5) is 12.7. The van der Waals surface area contributed by atoms with Gasteiger partial charge in [-0.15, -0.1) is 22.7 Å². The van der Waals surface area contributed by atoms with Crippen molar-refractivity contribution in [1.82, 2.24) is 0 Å². The molecule has 3 rings (SSSR count). The van der Waals surface area contributed by atoms with Crippen LogP contribution in [0.1, 0.15) is 9.67 Å². The normalized spacial score (nSPS) is 10.8. The summed E-state index contributed by atoms with van der Waals surface area (Å²) >= 11 is 6.11. The first-order valence-corrected chi connectivity index (χ1v) is 7.86. The van der Waals surface area contributed by atoms with Crippen molar-refractivity contribution in [2.45, 2.75) is 0 Å². The predicted molar refractivity (Wildman–Crippen MR) is 81.8 cm³/mol. The third kappa shape index (κ3) is 2.56. The quantitative estimate of drug-likeness (QED) is 0.679. The summed E-state index contributed by atoms with van der Waals surface area (Å²) in [5, 5.41) is 4.69. The second-order valence-corrected chi connectivity index (χ2v) is 6.73. The topological polar surface area (TPSA) is 29.1 Å². The molecule has 1 amide bonds. The summed E-state index contributed by atoms with van der Waals surface area (Å²) in [5.41, 5.74) is 0.447. The Bertz CT molecular complexity index is 736. The molecule has 0 aliphatic heterocycles. The lowest BCUT2D eigenvalue weighted by Crippen LogP contribution is -2.10. The maximum atomic E-state index is 13.4. The van der Waals surface area contributed by atoms with E-state index >= 15 is 0 Å². The Morgan fingerprint density at radius 1 is 1.21 bits per heavy atom. The van der Waals surface area contributed by atoms with Crippen LogP contribution in [-0.2, 0) is 0 Å². The van der Waals surface area contributed by atoms with E-state index in [1.54, 1.807) is 23.5 Å². The molecule has 96 valence electrons. The number of carbonyl (C=O) groups excluding carboxylic acids is 1. The second kappa shape index (κ2) is 5.03. The lowest BCUT2D eigenvalue weighted by atomic mass is 10.3. The van der Waals surface area contributed by atoms with Crippen LogP contribution < -0.4 is 5.32 Å². The Labute approximate surface area is 125 Å². The number of fused-ring (bicyclic) bond motifs is 1. The Morgan fingerprint density at radius 2 is 2.05 bits per heavy atom. The number of thiophene rings is 2. The van der Waals surface area contributed by atoms with Crippen LogP contribution in [0, 0.1) is 5.82 Å². The molecule has 0 saturated carbocycles. The maximum Gasteiger partial charge on any atom is 0.265 e. The van der Waals surface area contributed by atoms with E-state index in [9.17, 15) is 9.18 Å². The van der Waals surface area contributed by atoms with Gasteiger partial charge in [0.15, 0.2) is 0 Å². The fourth-order valence-corrected chi connectivity index (χ4v) is 3.89. The summed E-state index contributed by atoms with van der Waals surface area (Å²) < 4.78 is 15.9. The van der Waals surface area contributed by atoms with E-state index in [2.05, 4.69) is 21.2 Å². The van der Waals surface area contributed by atoms with E-state index in [0.717, 1.165) is 9.40 Å². The highest BCUT2D eigenvalue weighted by atomic mass is 79.9. The summed E-state index contributed by atoms with van der Waals surface area (Å²) in [5.74, 6) is -0.611. The molecule has 0 aliphatic carbocycles. The van der Waals surface area contributed by atoms with Crippen LogP contribution in [0.4, 0.5) is 10.1 Å². The average molecular weight is 356 g/mol. The molecule has 0 radical (unpaired) electrons. The first-order chi connectivity index (χ1) is 9.13. The van der Waals surface area contributed by atoms with Crippen molar-refractivity contribution < 1.29 is 9.18 Å². The van der Waals surface area contributed by atoms with Crippen LogP contribution >= 0.6 is 38.6 Å². The van der Waals surface area contributed by atoms with Gasteiger partial charge in [0, 0.05) is 15.1 Å². The Hall–Kier alpha value is -1.24. The highest BCUT2D eigenvalue weighted by Gasteiger charge is 2.12. The van der Waals surface area contributed by atoms with Crippen molar-refractivity contribution in [3.05, 3.63) is 50.9 Å². The van der Waals surface area contributed by atoms with Gasteiger partial charge in [-0.05, 0) is 51.6 Å². The van der Waals surface area contributed by atoms with Gasteiger partial charge in [-0.1, -0.05) is 0 Å². The van der Waals surface area contributed by atoms with Crippen molar-refractivity contribution >= 4 is 59.6 Å². The molecule has 2 heterocycles. The van der Waals surface area contributed by atoms with Gasteiger partial charge in [-0.2, -0.15) is 0 Å². The zero-order chi connectivity index (χ0) is 13.4. The molecule has 0 saturated heterocycles. The average Bonchev–Trinajstić information content (AvgIpc) is 2.94. The molecule has 19 heavy (non-hydrogen) atoms. The zero-order valence-electron chi connectivity index (χ0n) is 9.44. The van der Waals surface area contributed by atoms with Gasteiger partial charge >= 0.3 is 0 Å². The fraction of sp³-hybridized carbons (Fsp3) is 0. The summed E-state index contributed by atoms with van der Waals surface area (Å²) in [6.07, 6.45) is 0. The summed E-state index contributed by atoms with van der Waals surface area (Å²) in [7, 11) is 0. The number of hydrogen-bond acceptors (Lipinski definition) is 3. The van der Waals surface area contributed by atoms with Crippen LogP contribution in [0.15, 0.2) is 40.2 Å². The first kappa shape index (κ1) is 12.8. The van der Waals surface area contributed by atoms with Gasteiger partial charge in [0.2, 0.25) is 0 Å². The monoisotopic (exact) mass is 355 g/mol. The van der Waals surface area contributed by atoms with E-state index in [-0.39, 0.29) is 5.91 Å². The number of rotatable bonds is 2. The summed E-state index contributed by atoms with van der Waals surface area (Å²) in [6, 6.07) is 8.35. The van der Waals surface area contributed by atoms with E-state index in [1.165, 1.54) is 17.4 Å². The molecule has 0 atom stereocenters. The van der Waals surface area contributed by atoms with E-state index < -0.39 is 5.82 Å². The molecular weight excluding hydrogens is 349 g/mol. The van der Waals surface area contributed by atoms with E-state index in [4.69, 9.17) is 0 Å². The first-order valence-electron chi connectivity index (χ1n) is 5.37. The lowest BCUT2D eigenvalue weighted by Gasteiger charge is -2.04. The third-order valence-electron chi connectivity index (χ3n) is 2.54. The van der Waals surface area contributed by atoms with Crippen LogP contribution in [-0.4, -0.2) is 5.91 Å². The molecule has 0 spiro atoms. The molecule has 1 aromatic carbocycles. The minimum absolute atomic E-state index is 0.213. The van der Waals surface area contributed by atoms with Crippen LogP contribution in [0.3, 0.4) is 0 Å². The zero-order valence-corrected chi connectivity index (χ0v) is 12.7. The minimum atomic E-state index is -0.398. The second-order valence-electron chi connectivity index (χ2n) is 3.84. The molecule has 1 N–H and O–H groups in total. The molecule has 6 heteroatoms. The number of nitrogens with one attached hydrogen (secondary N) is 1. The fourth-order valence-electron chi connectivity index (χ4n) is 1.64. The Kier molecular flexibility index (Phi) is 3.38. The molecule has 2 nitrogen and oxygen atoms in total. The number of halogens is 2. The lowest BCUT2D eigenvalue weighted by molar-refractivity contribution is 0.103. The highest BCUT2D eigenvalue weighted by molar-refractivity contribution is 9.10. The Morgan fingerprint density at radius 3 is 2.79 bits per heavy atom. The molecule has 0 fully saturated rings. The molecule has 0 aliphatic rings. The maximum absolute atomic E-state index is 13.4. The van der Waals surface area contributed by atoms with Crippen LogP contribution in [0.5, 0.6) is 0 Å². The standard InChI is InChI=1S/C13H7BrFNOS2/c14-8-2-1-7(5-9(8)15)16-13(17)12-6-11-10(19-12)3-4-18-11/h1-6H,(H,16,17). The van der Waals surface area contributed by atoms with Gasteiger partial charge in [-0.25, -0.2) is 4.39 Å². The van der Waals surface area contributed by atoms with Gasteiger partial charge < -0.3 is 5.32 Å². The third-order valence-corrected chi connectivity index (χ3v) is 5.28. The smallest absolute Gasteiger partial charge is 0.265 e. The van der Waals surface area contributed by atoms with E-state index in [1.807, 2.05) is 17.5 Å². The largest absolute Gasteiger partial charge is 0.321 e. The number of amides is 1. The van der Waals surface area contributed by atoms with Crippen LogP contribution in [0.25, 0.3) is 9.40 Å². The van der Waals surface area contributed by atoms with Crippen molar-refractivity contribution in [3.63, 3.8) is 0 Å². The number of hydrogen-bond donors (Lipinski definition) is 1. The molecule has 2 aromatic heterocycles. The van der Waals surface area contributed by atoms with Gasteiger partial charge in [0.25, 0.3) is 5.91 Å². The van der Waals surface area contributed by atoms with Gasteiger partial charge in [0.05, 0.1) is 9.35 Å². The van der Waals surface area contributed by atoms with Gasteiger partial charge in [-0.3, -0.25) is 4.79 Å². The van der Waals surface area contributed by atoms with Crippen molar-refractivity contribution in [2.24, 2.45) is 0 Å². The predicted octanol–water partition coefficient (Wildman–Crippen LogP) is 5.12. The molecule has 0 unspecified atom stereocenters. The molecule has 0 bridgehead atoms. The van der Waals surface area contributed by atoms with Crippen molar-refractivity contribution in [3.8, 4) is 0 Å². The number of anilines is 1. The van der Waals surface area contributed by atoms with E-state index in [0.29, 0.717) is 15.0 Å². The van der Waals surface area contributed by atoms with Crippen LogP contribution in [0.2, 0.25) is 0 Å². The van der Waals surface area contributed by atoms with Gasteiger partial charge in [0.1, 0.15) is 5.82 Å². The Balaban J connectivity index is 1.84. The van der Waals surface area contributed by atoms with Crippen molar-refractivity contribution in [1.29, 1.82) is 0 Å². The number of benzene rings is 1. The highest BCUT2D eigenvalue weighted by Crippen LogP contribution is 2.30. The number of carbonyl (C=O) groups is 1. The van der Waals surface area contributed by atoms with Crippen molar-refractivity contribution in [2.75, 3.05) is 5.32 Å². The summed E-state index contributed by atoms with van der Waals surface area (Å²) in [6.45, 7) is 0.